The van der Waals surface area contributed by atoms with Crippen molar-refractivity contribution < 1.29 is 23.8 Å². The maximum atomic E-state index is 12.6. The first kappa shape index (κ1) is 15.6. The Bertz CT molecular complexity index is 618. The van der Waals surface area contributed by atoms with E-state index in [1.54, 1.807) is 16.8 Å². The van der Waals surface area contributed by atoms with Crippen LogP contribution < -0.4 is 9.47 Å². The van der Waals surface area contributed by atoms with E-state index < -0.39 is 6.04 Å². The highest BCUT2D eigenvalue weighted by molar-refractivity contribution is 5.87. The predicted molar refractivity (Wildman–Crippen MR) is 81.0 cm³/mol. The molecule has 1 fully saturated rings. The smallest absolute Gasteiger partial charge is 0.247 e. The number of fused-ring (bicyclic) bond motifs is 1. The third-order valence-corrected chi connectivity index (χ3v) is 4.05. The molecule has 2 aliphatic rings. The molecule has 1 atom stereocenters. The second-order valence-electron chi connectivity index (χ2n) is 5.69. The van der Waals surface area contributed by atoms with Crippen LogP contribution in [0.3, 0.4) is 0 Å². The minimum Gasteiger partial charge on any atom is -0.454 e. The van der Waals surface area contributed by atoms with Gasteiger partial charge < -0.3 is 24.0 Å². The maximum Gasteiger partial charge on any atom is 0.247 e. The Kier molecular flexibility index (Phi) is 4.38. The molecule has 0 N–H and O–H groups in total. The summed E-state index contributed by atoms with van der Waals surface area (Å²) < 4.78 is 16.0. The lowest BCUT2D eigenvalue weighted by Crippen LogP contribution is -2.55. The summed E-state index contributed by atoms with van der Waals surface area (Å²) in [6.07, 6.45) is 0. The van der Waals surface area contributed by atoms with E-state index in [0.717, 1.165) is 5.56 Å². The van der Waals surface area contributed by atoms with Crippen molar-refractivity contribution in [3.63, 3.8) is 0 Å². The van der Waals surface area contributed by atoms with Crippen LogP contribution in [0.1, 0.15) is 12.5 Å². The Hall–Kier alpha value is -2.28. The van der Waals surface area contributed by atoms with Gasteiger partial charge in [0.2, 0.25) is 18.6 Å². The number of nitrogens with zero attached hydrogens (tertiary/aromatic N) is 2. The number of hydrogen-bond donors (Lipinski definition) is 0. The van der Waals surface area contributed by atoms with Crippen molar-refractivity contribution in [3.8, 4) is 11.5 Å². The standard InChI is InChI=1S/C16H20N2O5/c1-11(19)18-5-6-21-9-13(18)16(20)17(2)8-12-3-4-14-15(7-12)23-10-22-14/h3-4,7,13H,5-6,8-10H2,1-2H3. The average molecular weight is 320 g/mol. The summed E-state index contributed by atoms with van der Waals surface area (Å²) in [4.78, 5) is 27.5. The van der Waals surface area contributed by atoms with Gasteiger partial charge in [-0.15, -0.1) is 0 Å². The lowest BCUT2D eigenvalue weighted by Gasteiger charge is -2.36. The molecule has 1 saturated heterocycles. The predicted octanol–water partition coefficient (Wildman–Crippen LogP) is 0.621. The number of ether oxygens (including phenoxy) is 3. The number of rotatable bonds is 3. The minimum absolute atomic E-state index is 0.108. The lowest BCUT2D eigenvalue weighted by atomic mass is 10.1. The SMILES string of the molecule is CC(=O)N1CCOCC1C(=O)N(C)Cc1ccc2c(c1)OCO2. The van der Waals surface area contributed by atoms with Crippen molar-refractivity contribution >= 4 is 11.8 Å². The largest absolute Gasteiger partial charge is 0.454 e. The van der Waals surface area contributed by atoms with Crippen molar-refractivity contribution in [3.05, 3.63) is 23.8 Å². The summed E-state index contributed by atoms with van der Waals surface area (Å²) >= 11 is 0. The molecular formula is C16H20N2O5. The van der Waals surface area contributed by atoms with Gasteiger partial charge in [-0.1, -0.05) is 6.07 Å². The first-order valence-electron chi connectivity index (χ1n) is 7.54. The van der Waals surface area contributed by atoms with Crippen LogP contribution in [0.15, 0.2) is 18.2 Å². The summed E-state index contributed by atoms with van der Waals surface area (Å²) in [7, 11) is 1.72. The first-order valence-corrected chi connectivity index (χ1v) is 7.54. The summed E-state index contributed by atoms with van der Waals surface area (Å²) in [5.41, 5.74) is 0.941. The second kappa shape index (κ2) is 6.45. The van der Waals surface area contributed by atoms with Crippen molar-refractivity contribution in [2.24, 2.45) is 0 Å². The topological polar surface area (TPSA) is 68.3 Å². The Morgan fingerprint density at radius 2 is 2.09 bits per heavy atom. The van der Waals surface area contributed by atoms with Crippen LogP contribution in [0, 0.1) is 0 Å². The van der Waals surface area contributed by atoms with Crippen LogP contribution in [-0.2, 0) is 20.9 Å². The number of carbonyl (C=O) groups excluding carboxylic acids is 2. The maximum absolute atomic E-state index is 12.6. The Balaban J connectivity index is 1.68. The lowest BCUT2D eigenvalue weighted by molar-refractivity contribution is -0.152. The van der Waals surface area contributed by atoms with Crippen molar-refractivity contribution in [1.29, 1.82) is 0 Å². The monoisotopic (exact) mass is 320 g/mol. The molecule has 124 valence electrons. The molecule has 2 aliphatic heterocycles. The van der Waals surface area contributed by atoms with Gasteiger partial charge in [0.1, 0.15) is 6.04 Å². The normalized spacial score (nSPS) is 19.6. The molecule has 2 heterocycles. The number of hydrogen-bond acceptors (Lipinski definition) is 5. The molecule has 0 aliphatic carbocycles. The van der Waals surface area contributed by atoms with E-state index in [1.807, 2.05) is 18.2 Å². The van der Waals surface area contributed by atoms with Gasteiger partial charge in [-0.25, -0.2) is 0 Å². The quantitative estimate of drug-likeness (QED) is 0.817. The molecule has 7 nitrogen and oxygen atoms in total. The zero-order chi connectivity index (χ0) is 16.4. The first-order chi connectivity index (χ1) is 11.1. The number of benzene rings is 1. The molecule has 3 rings (SSSR count). The molecule has 0 saturated carbocycles. The van der Waals surface area contributed by atoms with Crippen LogP contribution in [0.4, 0.5) is 0 Å². The Morgan fingerprint density at radius 3 is 2.87 bits per heavy atom. The fourth-order valence-electron chi connectivity index (χ4n) is 2.83. The summed E-state index contributed by atoms with van der Waals surface area (Å²) in [5, 5.41) is 0. The summed E-state index contributed by atoms with van der Waals surface area (Å²) in [6, 6.07) is 5.05. The molecular weight excluding hydrogens is 300 g/mol. The van der Waals surface area contributed by atoms with Crippen LogP contribution in [0.25, 0.3) is 0 Å². The molecule has 23 heavy (non-hydrogen) atoms. The van der Waals surface area contributed by atoms with Gasteiger partial charge in [-0.3, -0.25) is 9.59 Å². The fraction of sp³-hybridized carbons (Fsp3) is 0.500. The molecule has 1 aromatic carbocycles. The molecule has 2 amide bonds. The number of likely N-dealkylation sites (N-methyl/N-ethyl adjacent to an activating group) is 1. The Morgan fingerprint density at radius 1 is 1.30 bits per heavy atom. The van der Waals surface area contributed by atoms with Crippen molar-refractivity contribution in [2.45, 2.75) is 19.5 Å². The van der Waals surface area contributed by atoms with Gasteiger partial charge in [0.05, 0.1) is 13.2 Å². The van der Waals surface area contributed by atoms with Gasteiger partial charge in [-0.05, 0) is 17.7 Å². The van der Waals surface area contributed by atoms with E-state index in [0.29, 0.717) is 31.2 Å². The van der Waals surface area contributed by atoms with E-state index >= 15 is 0 Å². The molecule has 0 aromatic heterocycles. The van der Waals surface area contributed by atoms with E-state index in [1.165, 1.54) is 6.92 Å². The number of amides is 2. The van der Waals surface area contributed by atoms with Crippen LogP contribution >= 0.6 is 0 Å². The van der Waals surface area contributed by atoms with Crippen molar-refractivity contribution in [2.75, 3.05) is 33.6 Å². The molecule has 0 spiro atoms. The molecule has 0 bridgehead atoms. The highest BCUT2D eigenvalue weighted by atomic mass is 16.7. The van der Waals surface area contributed by atoms with Crippen LogP contribution in [0.5, 0.6) is 11.5 Å². The van der Waals surface area contributed by atoms with E-state index in [2.05, 4.69) is 0 Å². The molecule has 7 heteroatoms. The number of carbonyl (C=O) groups is 2. The van der Waals surface area contributed by atoms with Gasteiger partial charge in [0.15, 0.2) is 11.5 Å². The third-order valence-electron chi connectivity index (χ3n) is 4.05. The van der Waals surface area contributed by atoms with Gasteiger partial charge in [-0.2, -0.15) is 0 Å². The van der Waals surface area contributed by atoms with Crippen LogP contribution in [-0.4, -0.2) is 61.3 Å². The number of morpholine rings is 1. The van der Waals surface area contributed by atoms with E-state index in [9.17, 15) is 9.59 Å². The third kappa shape index (κ3) is 3.24. The molecule has 1 aromatic rings. The van der Waals surface area contributed by atoms with E-state index in [4.69, 9.17) is 14.2 Å². The molecule has 1 unspecified atom stereocenters. The molecule has 0 radical (unpaired) electrons. The van der Waals surface area contributed by atoms with Gasteiger partial charge in [0, 0.05) is 27.1 Å². The Labute approximate surface area is 134 Å². The summed E-state index contributed by atoms with van der Waals surface area (Å²) in [5.74, 6) is 1.17. The van der Waals surface area contributed by atoms with Crippen molar-refractivity contribution in [1.82, 2.24) is 9.80 Å². The van der Waals surface area contributed by atoms with E-state index in [-0.39, 0.29) is 25.2 Å². The average Bonchev–Trinajstić information content (AvgIpc) is 3.01. The van der Waals surface area contributed by atoms with Crippen LogP contribution in [0.2, 0.25) is 0 Å². The second-order valence-corrected chi connectivity index (χ2v) is 5.69. The van der Waals surface area contributed by atoms with Gasteiger partial charge in [0.25, 0.3) is 0 Å². The summed E-state index contributed by atoms with van der Waals surface area (Å²) in [6.45, 7) is 3.28. The fourth-order valence-corrected chi connectivity index (χ4v) is 2.83. The zero-order valence-electron chi connectivity index (χ0n) is 13.3. The highest BCUT2D eigenvalue weighted by Crippen LogP contribution is 2.32. The minimum atomic E-state index is -0.555. The van der Waals surface area contributed by atoms with Gasteiger partial charge >= 0.3 is 0 Å². The zero-order valence-corrected chi connectivity index (χ0v) is 13.3. The highest BCUT2D eigenvalue weighted by Gasteiger charge is 2.33.